The van der Waals surface area contributed by atoms with Gasteiger partial charge in [0.05, 0.1) is 70.4 Å². The van der Waals surface area contributed by atoms with E-state index in [2.05, 4.69) is 10.2 Å². The molecule has 10 rings (SSSR count). The molecule has 2 saturated heterocycles. The van der Waals surface area contributed by atoms with E-state index in [1.165, 1.54) is 65.5 Å². The van der Waals surface area contributed by atoms with Gasteiger partial charge in [-0.2, -0.15) is 5.10 Å². The van der Waals surface area contributed by atoms with Crippen molar-refractivity contribution in [3.05, 3.63) is 98.0 Å². The first-order valence-corrected chi connectivity index (χ1v) is 28.2. The van der Waals surface area contributed by atoms with Crippen LogP contribution >= 0.6 is 0 Å². The summed E-state index contributed by atoms with van der Waals surface area (Å²) < 4.78 is 41.1. The lowest BCUT2D eigenvalue weighted by Crippen LogP contribution is -2.46. The van der Waals surface area contributed by atoms with Crippen LogP contribution < -0.4 is 20.5 Å². The molecule has 1 amide bonds. The molecule has 1 aliphatic carbocycles. The minimum atomic E-state index is -2.11. The maximum Gasteiger partial charge on any atom is 0.341 e. The highest BCUT2D eigenvalue weighted by molar-refractivity contribution is 6.24. The number of carboxylic acid groups (broad SMARTS) is 1. The minimum Gasteiger partial charge on any atom is -0.507 e. The fraction of sp³-hybridized carbons (Fsp3) is 0.508. The van der Waals surface area contributed by atoms with Gasteiger partial charge in [-0.1, -0.05) is 45.9 Å². The molecule has 5 aliphatic heterocycles. The van der Waals surface area contributed by atoms with Gasteiger partial charge < -0.3 is 59.8 Å². The number of ether oxygens (including phenoxy) is 4. The number of hydrogen-bond donors (Lipinski definition) is 7. The molecule has 2 aromatic carbocycles. The number of allylic oxidation sites excluding steroid dienone is 2. The zero-order chi connectivity index (χ0) is 60.3. The van der Waals surface area contributed by atoms with Crippen LogP contribution in [0.5, 0.6) is 23.0 Å². The summed E-state index contributed by atoms with van der Waals surface area (Å²) in [5.74, 6) is -10.6. The molecule has 83 heavy (non-hydrogen) atoms. The third kappa shape index (κ3) is 11.4. The summed E-state index contributed by atoms with van der Waals surface area (Å²) in [6, 6.07) is 1.45. The summed E-state index contributed by atoms with van der Waals surface area (Å²) in [6.07, 6.45) is 8.19. The maximum absolute atomic E-state index is 16.1. The van der Waals surface area contributed by atoms with Gasteiger partial charge in [-0.05, 0) is 75.1 Å². The van der Waals surface area contributed by atoms with Crippen LogP contribution in [0.2, 0.25) is 0 Å². The molecule has 7 heterocycles. The molecule has 22 heteroatoms. The molecule has 2 unspecified atom stereocenters. The molecule has 4 aromatic rings. The Hall–Kier alpha value is -7.53. The lowest BCUT2D eigenvalue weighted by molar-refractivity contribution is -0.160. The third-order valence-electron chi connectivity index (χ3n) is 17.5. The predicted octanol–water partition coefficient (Wildman–Crippen LogP) is 6.87. The zero-order valence-electron chi connectivity index (χ0n) is 48.4. The first-order chi connectivity index (χ1) is 39.3. The summed E-state index contributed by atoms with van der Waals surface area (Å²) in [5.41, 5.74) is 0.525. The number of carbonyl (C=O) groups is 4. The number of fused-ring (bicyclic) bond motifs is 15. The number of carboxylic acids is 1. The van der Waals surface area contributed by atoms with Crippen LogP contribution in [0.25, 0.3) is 16.3 Å². The van der Waals surface area contributed by atoms with Crippen LogP contribution in [0.3, 0.4) is 0 Å². The number of aliphatic hydroxyl groups is 2. The van der Waals surface area contributed by atoms with Crippen molar-refractivity contribution in [1.29, 1.82) is 0 Å². The number of pyridine rings is 2. The van der Waals surface area contributed by atoms with Gasteiger partial charge in [0, 0.05) is 107 Å². The number of esters is 1. The lowest BCUT2D eigenvalue weighted by Gasteiger charge is -2.38. The standard InChI is InChI=1S/C61H75FN6O15/c1-29-12-11-13-30(2)58(76)64-47-41(25-63-67-21-19-65(20-22-67)26-37-16-18-66(27-37)49-32(4)48-39(38-14-15-38)24-40(60(78)79)59(77)68(48)28-42(49)62)53(73)44-45(54(47)74)52(72)35(7)56-46(44)57(75)61(9,83-56)81-23-17-43(80-10)31(3)55(82-36(8)69)34(6)51(71)33(5)50(29)70/h11-13,17,23-25,28-29,31,33-34,37-38,43,50-51,55,70-74H,14-16,18-22,26-27H2,1-10H3,(H,64,76)(H,78,79)/t29-,31?,33+,34+,37?,43-,50-,51+,55+,61-/m0/s1. The molecule has 5 bridgehead atoms. The molecular weight excluding hydrogens is 1080 g/mol. The van der Waals surface area contributed by atoms with Crippen molar-refractivity contribution in [2.45, 2.75) is 118 Å². The smallest absolute Gasteiger partial charge is 0.341 e. The number of aromatic hydroxyl groups is 3. The number of piperazine rings is 1. The molecule has 446 valence electrons. The van der Waals surface area contributed by atoms with Gasteiger partial charge in [-0.3, -0.25) is 33.5 Å². The number of nitrogens with one attached hydrogen (secondary N) is 1. The Kier molecular flexibility index (Phi) is 17.1. The van der Waals surface area contributed by atoms with Crippen LogP contribution in [0.1, 0.15) is 117 Å². The monoisotopic (exact) mass is 1150 g/mol. The number of aryl methyl sites for hydroxylation is 1. The molecule has 10 atom stereocenters. The number of nitrogens with zero attached hydrogens (tertiary/aromatic N) is 5. The highest BCUT2D eigenvalue weighted by atomic mass is 19.1. The van der Waals surface area contributed by atoms with Crippen molar-refractivity contribution in [1.82, 2.24) is 14.3 Å². The molecule has 6 aliphatic rings. The average Bonchev–Trinajstić information content (AvgIpc) is 2.51. The lowest BCUT2D eigenvalue weighted by atomic mass is 9.78. The van der Waals surface area contributed by atoms with E-state index in [0.717, 1.165) is 35.4 Å². The number of phenolic OH excluding ortho intramolecular Hbond substituents is 3. The Balaban J connectivity index is 1.00. The topological polar surface area (TPSA) is 282 Å². The third-order valence-corrected chi connectivity index (χ3v) is 17.5. The molecule has 3 fully saturated rings. The number of phenols is 3. The van der Waals surface area contributed by atoms with Crippen LogP contribution in [-0.4, -0.2) is 158 Å². The van der Waals surface area contributed by atoms with Crippen molar-refractivity contribution in [3.63, 3.8) is 0 Å². The first-order valence-electron chi connectivity index (χ1n) is 28.2. The number of hydrazone groups is 1. The highest BCUT2D eigenvalue weighted by Crippen LogP contribution is 2.55. The van der Waals surface area contributed by atoms with E-state index in [-0.39, 0.29) is 61.9 Å². The van der Waals surface area contributed by atoms with Crippen molar-refractivity contribution in [2.75, 3.05) is 63.1 Å². The number of ketones is 1. The van der Waals surface area contributed by atoms with Crippen LogP contribution in [-0.2, 0) is 23.8 Å². The predicted molar refractivity (Wildman–Crippen MR) is 307 cm³/mol. The van der Waals surface area contributed by atoms with E-state index in [1.807, 2.05) is 4.90 Å². The second-order valence-corrected chi connectivity index (χ2v) is 23.3. The van der Waals surface area contributed by atoms with Gasteiger partial charge in [0.1, 0.15) is 28.9 Å². The summed E-state index contributed by atoms with van der Waals surface area (Å²) in [7, 11) is 1.42. The number of hydrogen-bond acceptors (Lipinski definition) is 18. The Labute approximate surface area is 479 Å². The number of methoxy groups -OCH3 is 1. The molecule has 0 spiro atoms. The Bertz CT molecular complexity index is 3460. The summed E-state index contributed by atoms with van der Waals surface area (Å²) in [6.45, 7) is 18.0. The van der Waals surface area contributed by atoms with E-state index < -0.39 is 106 Å². The second kappa shape index (κ2) is 23.6. The number of halogens is 1. The van der Waals surface area contributed by atoms with Crippen molar-refractivity contribution < 1.29 is 73.2 Å². The number of benzene rings is 2. The molecule has 2 aromatic heterocycles. The van der Waals surface area contributed by atoms with Gasteiger partial charge >= 0.3 is 17.7 Å². The van der Waals surface area contributed by atoms with Gasteiger partial charge in [0.25, 0.3) is 17.2 Å². The van der Waals surface area contributed by atoms with Gasteiger partial charge in [-0.15, -0.1) is 0 Å². The normalized spacial score (nSPS) is 27.6. The molecule has 21 nitrogen and oxygen atoms in total. The number of aliphatic hydroxyl groups excluding tert-OH is 2. The molecule has 1 saturated carbocycles. The van der Waals surface area contributed by atoms with Crippen LogP contribution in [0.15, 0.2) is 58.3 Å². The van der Waals surface area contributed by atoms with Crippen molar-refractivity contribution in [3.8, 4) is 23.0 Å². The number of anilines is 2. The molecule has 7 N–H and O–H groups in total. The number of amides is 1. The second-order valence-electron chi connectivity index (χ2n) is 23.3. The fourth-order valence-electron chi connectivity index (χ4n) is 12.5. The van der Waals surface area contributed by atoms with Crippen LogP contribution in [0, 0.1) is 49.3 Å². The number of aromatic nitrogens is 1. The zero-order valence-corrected chi connectivity index (χ0v) is 48.4. The SMILES string of the molecule is CO[C@H]1C=CO[C@@]2(C)Oc3c(C)c(O)c4c(O)c(c(C=NN5CCN(CC6CCN(c7c(F)cn8c(=O)c(C(=O)O)cc(C9CC9)c8c7C)C6)CC5)c(O)c4c3C2=O)NC(=O)C(C)=CC=C[C@H](C)[C@H](O)[C@@H](C)[C@@H](O)[C@@H](C)[C@H](OC(C)=O)C1C. The quantitative estimate of drug-likeness (QED) is 0.0390. The highest BCUT2D eigenvalue weighted by Gasteiger charge is 2.50. The summed E-state index contributed by atoms with van der Waals surface area (Å²) >= 11 is 0. The average molecular weight is 1150 g/mol. The number of Topliss-reactive ketones (excluding diaryl/α,β-unsaturated/α-hetero) is 1. The molecule has 0 radical (unpaired) electrons. The minimum absolute atomic E-state index is 0.0141. The van der Waals surface area contributed by atoms with Crippen molar-refractivity contribution in [2.24, 2.45) is 34.7 Å². The summed E-state index contributed by atoms with van der Waals surface area (Å²) in [5, 5.41) is 77.9. The van der Waals surface area contributed by atoms with Gasteiger partial charge in [0.2, 0.25) is 0 Å². The number of rotatable bonds is 9. The number of aromatic carboxylic acids is 1. The molecular formula is C61H75FN6O15. The van der Waals surface area contributed by atoms with Gasteiger partial charge in [-0.25, -0.2) is 9.18 Å². The van der Waals surface area contributed by atoms with E-state index in [4.69, 9.17) is 24.0 Å². The first kappa shape index (κ1) is 60.1. The van der Waals surface area contributed by atoms with E-state index in [9.17, 15) is 54.6 Å². The van der Waals surface area contributed by atoms with E-state index in [0.29, 0.717) is 62.6 Å². The Morgan fingerprint density at radius 1 is 0.904 bits per heavy atom. The Morgan fingerprint density at radius 2 is 1.60 bits per heavy atom. The fourth-order valence-corrected chi connectivity index (χ4v) is 12.5. The largest absolute Gasteiger partial charge is 0.507 e. The van der Waals surface area contributed by atoms with E-state index in [1.54, 1.807) is 51.8 Å². The summed E-state index contributed by atoms with van der Waals surface area (Å²) in [4.78, 5) is 70.8. The van der Waals surface area contributed by atoms with E-state index >= 15 is 4.39 Å². The maximum atomic E-state index is 16.1. The van der Waals surface area contributed by atoms with Crippen LogP contribution in [0.4, 0.5) is 15.8 Å². The number of carbonyl (C=O) groups excluding carboxylic acids is 3. The van der Waals surface area contributed by atoms with Crippen molar-refractivity contribution >= 4 is 57.5 Å². The Morgan fingerprint density at radius 3 is 2.25 bits per heavy atom. The van der Waals surface area contributed by atoms with Gasteiger partial charge in [0.15, 0.2) is 11.6 Å².